The minimum Gasteiger partial charge on any atom is -0.357 e. The van der Waals surface area contributed by atoms with Gasteiger partial charge < -0.3 is 4.90 Å². The van der Waals surface area contributed by atoms with E-state index in [4.69, 9.17) is 21.8 Å². The summed E-state index contributed by atoms with van der Waals surface area (Å²) >= 11 is 6.41. The van der Waals surface area contributed by atoms with Crippen LogP contribution in [0.3, 0.4) is 0 Å². The zero-order valence-corrected chi connectivity index (χ0v) is 19.5. The molecule has 0 radical (unpaired) electrons. The summed E-state index contributed by atoms with van der Waals surface area (Å²) in [5.41, 5.74) is 3.93. The predicted octanol–water partition coefficient (Wildman–Crippen LogP) is 4.88. The van der Waals surface area contributed by atoms with E-state index in [0.29, 0.717) is 5.92 Å². The zero-order valence-electron chi connectivity index (χ0n) is 18.8. The normalized spacial score (nSPS) is 20.5. The molecule has 1 saturated carbocycles. The van der Waals surface area contributed by atoms with Gasteiger partial charge in [-0.05, 0) is 74.9 Å². The number of rotatable bonds is 3. The SMILES string of the molecule is Cc1ccc(N2CCC(c3nnc4n3-c3ccc(Cl)cc3CN(C3(C)CC3)C4)CC2)nc1. The third-order valence-electron chi connectivity index (χ3n) is 7.55. The number of benzene rings is 1. The minimum atomic E-state index is 0.271. The maximum Gasteiger partial charge on any atom is 0.151 e. The lowest BCUT2D eigenvalue weighted by Gasteiger charge is -2.32. The predicted molar refractivity (Wildman–Crippen MR) is 126 cm³/mol. The fourth-order valence-corrected chi connectivity index (χ4v) is 5.38. The molecule has 0 spiro atoms. The number of nitrogens with zero attached hydrogens (tertiary/aromatic N) is 6. The number of aromatic nitrogens is 4. The van der Waals surface area contributed by atoms with Crippen LogP contribution < -0.4 is 4.90 Å². The highest BCUT2D eigenvalue weighted by Gasteiger charge is 2.45. The Hall–Kier alpha value is -2.44. The second kappa shape index (κ2) is 7.56. The van der Waals surface area contributed by atoms with Crippen LogP contribution in [0.1, 0.15) is 61.3 Å². The van der Waals surface area contributed by atoms with Crippen LogP contribution in [-0.2, 0) is 13.1 Å². The van der Waals surface area contributed by atoms with Gasteiger partial charge in [-0.2, -0.15) is 0 Å². The minimum absolute atomic E-state index is 0.271. The van der Waals surface area contributed by atoms with Crippen molar-refractivity contribution in [2.24, 2.45) is 0 Å². The lowest BCUT2D eigenvalue weighted by atomic mass is 9.95. The monoisotopic (exact) mass is 448 g/mol. The number of pyridine rings is 1. The first-order valence-corrected chi connectivity index (χ1v) is 12.0. The molecular weight excluding hydrogens is 420 g/mol. The van der Waals surface area contributed by atoms with Gasteiger partial charge in [-0.15, -0.1) is 10.2 Å². The summed E-state index contributed by atoms with van der Waals surface area (Å²) in [5, 5.41) is 10.2. The summed E-state index contributed by atoms with van der Waals surface area (Å²) in [5.74, 6) is 3.62. The Balaban J connectivity index is 1.31. The van der Waals surface area contributed by atoms with Gasteiger partial charge in [0, 0.05) is 42.3 Å². The van der Waals surface area contributed by atoms with Crippen LogP contribution >= 0.6 is 11.6 Å². The van der Waals surface area contributed by atoms with Gasteiger partial charge in [0.2, 0.25) is 0 Å². The van der Waals surface area contributed by atoms with E-state index in [2.05, 4.69) is 57.5 Å². The summed E-state index contributed by atoms with van der Waals surface area (Å²) in [6, 6.07) is 10.5. The molecule has 0 amide bonds. The van der Waals surface area contributed by atoms with Gasteiger partial charge in [-0.25, -0.2) is 4.98 Å². The molecule has 166 valence electrons. The van der Waals surface area contributed by atoms with Crippen molar-refractivity contribution in [3.63, 3.8) is 0 Å². The van der Waals surface area contributed by atoms with Crippen LogP contribution in [0.5, 0.6) is 0 Å². The van der Waals surface area contributed by atoms with Crippen molar-refractivity contribution >= 4 is 17.4 Å². The van der Waals surface area contributed by atoms with Gasteiger partial charge in [0.15, 0.2) is 5.82 Å². The zero-order chi connectivity index (χ0) is 21.9. The molecule has 0 atom stereocenters. The molecular formula is C25H29ClN6. The van der Waals surface area contributed by atoms with Crippen LogP contribution in [0.2, 0.25) is 5.02 Å². The fourth-order valence-electron chi connectivity index (χ4n) is 5.18. The van der Waals surface area contributed by atoms with Crippen LogP contribution in [-0.4, -0.2) is 43.3 Å². The number of piperidine rings is 1. The first-order chi connectivity index (χ1) is 15.5. The van der Waals surface area contributed by atoms with Gasteiger partial charge in [-0.1, -0.05) is 17.7 Å². The topological polar surface area (TPSA) is 50.1 Å². The first kappa shape index (κ1) is 20.2. The van der Waals surface area contributed by atoms with Crippen molar-refractivity contribution in [2.75, 3.05) is 18.0 Å². The molecule has 1 saturated heterocycles. The largest absolute Gasteiger partial charge is 0.357 e. The summed E-state index contributed by atoms with van der Waals surface area (Å²) in [7, 11) is 0. The lowest BCUT2D eigenvalue weighted by molar-refractivity contribution is 0.170. The molecule has 0 bridgehead atoms. The summed E-state index contributed by atoms with van der Waals surface area (Å²) in [6.07, 6.45) is 6.55. The van der Waals surface area contributed by atoms with Crippen molar-refractivity contribution in [2.45, 2.75) is 64.1 Å². The molecule has 1 aromatic carbocycles. The number of hydrogen-bond donors (Lipinski definition) is 0. The maximum atomic E-state index is 6.41. The van der Waals surface area contributed by atoms with Gasteiger partial charge >= 0.3 is 0 Å². The van der Waals surface area contributed by atoms with Gasteiger partial charge in [0.1, 0.15) is 11.6 Å². The van der Waals surface area contributed by atoms with E-state index < -0.39 is 0 Å². The van der Waals surface area contributed by atoms with E-state index in [1.807, 2.05) is 12.3 Å². The van der Waals surface area contributed by atoms with E-state index in [-0.39, 0.29) is 5.54 Å². The van der Waals surface area contributed by atoms with Gasteiger partial charge in [0.25, 0.3) is 0 Å². The van der Waals surface area contributed by atoms with Gasteiger partial charge in [0.05, 0.1) is 12.2 Å². The molecule has 3 aromatic rings. The smallest absolute Gasteiger partial charge is 0.151 e. The van der Waals surface area contributed by atoms with Crippen LogP contribution in [0.25, 0.3) is 5.69 Å². The molecule has 2 aromatic heterocycles. The lowest BCUT2D eigenvalue weighted by Crippen LogP contribution is -2.34. The Morgan fingerprint density at radius 3 is 2.56 bits per heavy atom. The van der Waals surface area contributed by atoms with Crippen molar-refractivity contribution in [1.29, 1.82) is 0 Å². The van der Waals surface area contributed by atoms with E-state index in [1.54, 1.807) is 0 Å². The summed E-state index contributed by atoms with van der Waals surface area (Å²) in [4.78, 5) is 9.57. The molecule has 3 aliphatic rings. The van der Waals surface area contributed by atoms with E-state index in [9.17, 15) is 0 Å². The van der Waals surface area contributed by atoms with Crippen LogP contribution in [0.15, 0.2) is 36.5 Å². The molecule has 2 aliphatic heterocycles. The van der Waals surface area contributed by atoms with Crippen molar-refractivity contribution in [3.05, 3.63) is 64.3 Å². The maximum absolute atomic E-state index is 6.41. The Morgan fingerprint density at radius 2 is 1.84 bits per heavy atom. The fraction of sp³-hybridized carbons (Fsp3) is 0.480. The highest BCUT2D eigenvalue weighted by Crippen LogP contribution is 2.44. The molecule has 6 rings (SSSR count). The molecule has 7 heteroatoms. The average Bonchev–Trinajstić information content (AvgIpc) is 3.46. The molecule has 32 heavy (non-hydrogen) atoms. The Labute approximate surface area is 194 Å². The highest BCUT2D eigenvalue weighted by atomic mass is 35.5. The van der Waals surface area contributed by atoms with E-state index in [1.165, 1.54) is 29.7 Å². The van der Waals surface area contributed by atoms with Gasteiger partial charge in [-0.3, -0.25) is 9.47 Å². The standard InChI is InChI=1S/C25H29ClN6/c1-17-3-6-22(27-14-17)30-11-7-18(8-12-30)24-29-28-23-16-31(25(2)9-10-25)15-19-13-20(26)4-5-21(19)32(23)24/h3-6,13-14,18H,7-12,15-16H2,1-2H3. The van der Waals surface area contributed by atoms with E-state index >= 15 is 0 Å². The van der Waals surface area contributed by atoms with Crippen LogP contribution in [0, 0.1) is 6.92 Å². The quantitative estimate of drug-likeness (QED) is 0.571. The Kier molecular flexibility index (Phi) is 4.77. The first-order valence-electron chi connectivity index (χ1n) is 11.7. The number of fused-ring (bicyclic) bond motifs is 3. The number of hydrogen-bond acceptors (Lipinski definition) is 5. The number of halogens is 1. The average molecular weight is 449 g/mol. The molecule has 0 unspecified atom stereocenters. The van der Waals surface area contributed by atoms with Crippen LogP contribution in [0.4, 0.5) is 5.82 Å². The van der Waals surface area contributed by atoms with E-state index in [0.717, 1.165) is 61.5 Å². The number of anilines is 1. The highest BCUT2D eigenvalue weighted by molar-refractivity contribution is 6.30. The molecule has 1 aliphatic carbocycles. The summed E-state index contributed by atoms with van der Waals surface area (Å²) in [6.45, 7) is 8.16. The third kappa shape index (κ3) is 3.50. The molecule has 6 nitrogen and oxygen atoms in total. The van der Waals surface area contributed by atoms with Crippen molar-refractivity contribution in [3.8, 4) is 5.69 Å². The Morgan fingerprint density at radius 1 is 1.03 bits per heavy atom. The molecule has 0 N–H and O–H groups in total. The molecule has 2 fully saturated rings. The molecule has 4 heterocycles. The third-order valence-corrected chi connectivity index (χ3v) is 7.78. The van der Waals surface area contributed by atoms with Crippen molar-refractivity contribution < 1.29 is 0 Å². The summed E-state index contributed by atoms with van der Waals surface area (Å²) < 4.78 is 2.34. The second-order valence-corrected chi connectivity index (χ2v) is 10.3. The second-order valence-electron chi connectivity index (χ2n) is 9.89. The number of aryl methyl sites for hydroxylation is 1. The Bertz CT molecular complexity index is 1140. The van der Waals surface area contributed by atoms with Crippen molar-refractivity contribution in [1.82, 2.24) is 24.6 Å².